The molecule has 2 aliphatic rings. The van der Waals surface area contributed by atoms with Crippen molar-refractivity contribution in [2.45, 2.75) is 50.2 Å². The molecule has 2 N–H and O–H groups in total. The minimum atomic E-state index is -0.700. The molecule has 1 heterocycles. The second-order valence-corrected chi connectivity index (χ2v) is 6.33. The SMILES string of the molecule is O=C(N[C@H]1CCOC2(CCCC2)C1)c1cccc([N+](=O)[O-])c1O. The number of rotatable bonds is 3. The molecule has 0 radical (unpaired) electrons. The maximum absolute atomic E-state index is 12.4. The topological polar surface area (TPSA) is 102 Å². The number of nitro benzene ring substituents is 1. The van der Waals surface area contributed by atoms with Gasteiger partial charge in [0.15, 0.2) is 0 Å². The number of carbonyl (C=O) groups is 1. The number of carbonyl (C=O) groups excluding carboxylic acids is 1. The van der Waals surface area contributed by atoms with Crippen LogP contribution in [-0.4, -0.2) is 34.2 Å². The lowest BCUT2D eigenvalue weighted by Crippen LogP contribution is -2.47. The van der Waals surface area contributed by atoms with Crippen LogP contribution in [0, 0.1) is 10.1 Å². The van der Waals surface area contributed by atoms with Gasteiger partial charge in [-0.1, -0.05) is 18.9 Å². The molecule has 1 aliphatic heterocycles. The number of nitrogens with one attached hydrogen (secondary N) is 1. The summed E-state index contributed by atoms with van der Waals surface area (Å²) in [5, 5.41) is 23.7. The van der Waals surface area contributed by atoms with Crippen LogP contribution in [0.25, 0.3) is 0 Å². The van der Waals surface area contributed by atoms with Crippen molar-refractivity contribution in [3.63, 3.8) is 0 Å². The molecule has 0 aromatic heterocycles. The summed E-state index contributed by atoms with van der Waals surface area (Å²) in [4.78, 5) is 22.5. The van der Waals surface area contributed by atoms with Gasteiger partial charge in [0, 0.05) is 18.7 Å². The van der Waals surface area contributed by atoms with E-state index >= 15 is 0 Å². The highest BCUT2D eigenvalue weighted by atomic mass is 16.6. The molecule has 0 unspecified atom stereocenters. The molecule has 1 saturated carbocycles. The first-order chi connectivity index (χ1) is 11.0. The van der Waals surface area contributed by atoms with Gasteiger partial charge in [-0.15, -0.1) is 0 Å². The second-order valence-electron chi connectivity index (χ2n) is 6.33. The quantitative estimate of drug-likeness (QED) is 0.658. The third-order valence-corrected chi connectivity index (χ3v) is 4.80. The lowest BCUT2D eigenvalue weighted by Gasteiger charge is -2.38. The normalized spacial score (nSPS) is 22.9. The van der Waals surface area contributed by atoms with E-state index in [0.29, 0.717) is 13.0 Å². The van der Waals surface area contributed by atoms with E-state index in [1.54, 1.807) is 0 Å². The van der Waals surface area contributed by atoms with Crippen molar-refractivity contribution < 1.29 is 19.6 Å². The van der Waals surface area contributed by atoms with Gasteiger partial charge < -0.3 is 15.2 Å². The van der Waals surface area contributed by atoms with Crippen LogP contribution in [0.5, 0.6) is 5.75 Å². The van der Waals surface area contributed by atoms with Crippen molar-refractivity contribution in [1.82, 2.24) is 5.32 Å². The first kappa shape index (κ1) is 15.7. The molecule has 7 nitrogen and oxygen atoms in total. The summed E-state index contributed by atoms with van der Waals surface area (Å²) in [5.41, 5.74) is -0.649. The van der Waals surface area contributed by atoms with Gasteiger partial charge in [0.05, 0.1) is 16.1 Å². The van der Waals surface area contributed by atoms with Crippen molar-refractivity contribution in [2.24, 2.45) is 0 Å². The summed E-state index contributed by atoms with van der Waals surface area (Å²) in [6.07, 6.45) is 5.79. The molecule has 1 aliphatic carbocycles. The van der Waals surface area contributed by atoms with Crippen molar-refractivity contribution in [3.8, 4) is 5.75 Å². The minimum Gasteiger partial charge on any atom is -0.502 e. The molecule has 2 fully saturated rings. The van der Waals surface area contributed by atoms with E-state index in [9.17, 15) is 20.0 Å². The predicted octanol–water partition coefficient (Wildman–Crippen LogP) is 2.52. The van der Waals surface area contributed by atoms with Crippen LogP contribution in [0.3, 0.4) is 0 Å². The number of para-hydroxylation sites is 1. The average Bonchev–Trinajstić information content (AvgIpc) is 2.94. The standard InChI is InChI=1S/C16H20N2O5/c19-14-12(4-3-5-13(14)18(21)22)15(20)17-11-6-9-23-16(10-11)7-1-2-8-16/h3-5,11,19H,1-2,6-10H2,(H,17,20)/t11-/m0/s1. The summed E-state index contributed by atoms with van der Waals surface area (Å²) in [7, 11) is 0. The van der Waals surface area contributed by atoms with Crippen LogP contribution in [0.15, 0.2) is 18.2 Å². The van der Waals surface area contributed by atoms with Crippen LogP contribution in [0.2, 0.25) is 0 Å². The third-order valence-electron chi connectivity index (χ3n) is 4.80. The number of amides is 1. The number of nitrogens with zero attached hydrogens (tertiary/aromatic N) is 1. The van der Waals surface area contributed by atoms with Gasteiger partial charge in [-0.05, 0) is 31.7 Å². The molecule has 1 amide bonds. The van der Waals surface area contributed by atoms with E-state index in [-0.39, 0.29) is 17.2 Å². The molecule has 23 heavy (non-hydrogen) atoms. The number of phenolic OH excluding ortho intramolecular Hbond substituents is 1. The number of nitro groups is 1. The molecule has 1 aromatic rings. The number of benzene rings is 1. The summed E-state index contributed by atoms with van der Waals surface area (Å²) in [5.74, 6) is -1.07. The van der Waals surface area contributed by atoms with Crippen LogP contribution in [0.1, 0.15) is 48.9 Å². The van der Waals surface area contributed by atoms with Gasteiger partial charge in [-0.3, -0.25) is 14.9 Å². The molecule has 1 saturated heterocycles. The molecule has 7 heteroatoms. The molecule has 124 valence electrons. The zero-order chi connectivity index (χ0) is 16.4. The number of hydrogen-bond acceptors (Lipinski definition) is 5. The maximum atomic E-state index is 12.4. The largest absolute Gasteiger partial charge is 0.502 e. The Morgan fingerprint density at radius 2 is 2.13 bits per heavy atom. The molecule has 1 aromatic carbocycles. The Kier molecular flexibility index (Phi) is 4.21. The third kappa shape index (κ3) is 3.14. The summed E-state index contributed by atoms with van der Waals surface area (Å²) >= 11 is 0. The first-order valence-electron chi connectivity index (χ1n) is 7.92. The van der Waals surface area contributed by atoms with Crippen molar-refractivity contribution in [3.05, 3.63) is 33.9 Å². The molecule has 1 spiro atoms. The minimum absolute atomic E-state index is 0.0342. The van der Waals surface area contributed by atoms with E-state index in [1.807, 2.05) is 0 Å². The smallest absolute Gasteiger partial charge is 0.311 e. The zero-order valence-corrected chi connectivity index (χ0v) is 12.8. The van der Waals surface area contributed by atoms with E-state index in [4.69, 9.17) is 4.74 Å². The van der Waals surface area contributed by atoms with Crippen molar-refractivity contribution in [2.75, 3.05) is 6.61 Å². The van der Waals surface area contributed by atoms with Gasteiger partial charge in [0.2, 0.25) is 5.75 Å². The molecule has 3 rings (SSSR count). The van der Waals surface area contributed by atoms with Gasteiger partial charge >= 0.3 is 5.69 Å². The molecule has 0 bridgehead atoms. The van der Waals surface area contributed by atoms with E-state index in [1.165, 1.54) is 18.2 Å². The van der Waals surface area contributed by atoms with Crippen molar-refractivity contribution >= 4 is 11.6 Å². The Bertz CT molecular complexity index is 625. The van der Waals surface area contributed by atoms with Gasteiger partial charge in [-0.25, -0.2) is 0 Å². The first-order valence-corrected chi connectivity index (χ1v) is 7.92. The maximum Gasteiger partial charge on any atom is 0.311 e. The Balaban J connectivity index is 1.72. The Hall–Kier alpha value is -2.15. The number of phenols is 1. The Labute approximate surface area is 133 Å². The van der Waals surface area contributed by atoms with E-state index < -0.39 is 22.3 Å². The van der Waals surface area contributed by atoms with Gasteiger partial charge in [0.25, 0.3) is 5.91 Å². The van der Waals surface area contributed by atoms with E-state index in [2.05, 4.69) is 5.32 Å². The lowest BCUT2D eigenvalue weighted by molar-refractivity contribution is -0.385. The van der Waals surface area contributed by atoms with Gasteiger partial charge in [0.1, 0.15) is 0 Å². The van der Waals surface area contributed by atoms with Crippen LogP contribution in [-0.2, 0) is 4.74 Å². The molecular formula is C16H20N2O5. The summed E-state index contributed by atoms with van der Waals surface area (Å²) in [6.45, 7) is 0.603. The summed E-state index contributed by atoms with van der Waals surface area (Å²) in [6, 6.07) is 3.93. The number of aromatic hydroxyl groups is 1. The Morgan fingerprint density at radius 1 is 1.39 bits per heavy atom. The highest BCUT2D eigenvalue weighted by molar-refractivity contribution is 5.98. The highest BCUT2D eigenvalue weighted by Crippen LogP contribution is 2.40. The van der Waals surface area contributed by atoms with E-state index in [0.717, 1.165) is 32.1 Å². The monoisotopic (exact) mass is 320 g/mol. The van der Waals surface area contributed by atoms with Crippen LogP contribution < -0.4 is 5.32 Å². The molecule has 1 atom stereocenters. The lowest BCUT2D eigenvalue weighted by atomic mass is 9.89. The van der Waals surface area contributed by atoms with Crippen LogP contribution >= 0.6 is 0 Å². The highest BCUT2D eigenvalue weighted by Gasteiger charge is 2.40. The number of ether oxygens (including phenoxy) is 1. The predicted molar refractivity (Wildman–Crippen MR) is 82.4 cm³/mol. The molecular weight excluding hydrogens is 300 g/mol. The second kappa shape index (κ2) is 6.16. The van der Waals surface area contributed by atoms with Crippen molar-refractivity contribution in [1.29, 1.82) is 0 Å². The fourth-order valence-corrected chi connectivity index (χ4v) is 3.64. The van der Waals surface area contributed by atoms with Crippen LogP contribution in [0.4, 0.5) is 5.69 Å². The van der Waals surface area contributed by atoms with Gasteiger partial charge in [-0.2, -0.15) is 0 Å². The zero-order valence-electron chi connectivity index (χ0n) is 12.8. The fraction of sp³-hybridized carbons (Fsp3) is 0.562. The fourth-order valence-electron chi connectivity index (χ4n) is 3.64. The number of hydrogen-bond donors (Lipinski definition) is 2. The Morgan fingerprint density at radius 3 is 2.83 bits per heavy atom. The average molecular weight is 320 g/mol. The summed E-state index contributed by atoms with van der Waals surface area (Å²) < 4.78 is 5.93.